The lowest BCUT2D eigenvalue weighted by atomic mass is 9.54. The molecule has 4 aromatic rings. The topological polar surface area (TPSA) is 112 Å². The monoisotopic (exact) mass is 624 g/mol. The Morgan fingerprint density at radius 2 is 1.48 bits per heavy atom. The van der Waals surface area contributed by atoms with E-state index in [1.54, 1.807) is 12.1 Å². The van der Waals surface area contributed by atoms with Crippen molar-refractivity contribution in [3.63, 3.8) is 0 Å². The maximum absolute atomic E-state index is 12.7. The number of rotatable bonds is 6. The highest BCUT2D eigenvalue weighted by Crippen LogP contribution is 2.55. The highest BCUT2D eigenvalue weighted by molar-refractivity contribution is 5.83. The molecule has 0 aliphatic heterocycles. The lowest BCUT2D eigenvalue weighted by Crippen LogP contribution is -2.52. The summed E-state index contributed by atoms with van der Waals surface area (Å²) in [5.74, 6) is -0.258. The number of benzene rings is 4. The Morgan fingerprint density at radius 3 is 2.20 bits per heavy atom. The SMILES string of the molecule is COc1cc([C@@H]2C[C@H](OC(C)=O)C[C@@H](OC(C)=O)[C@@H]3Cc4cc(OC)c(O)cc4C[C@@]3(c3ccc4ccccc4c3)C2)ccc1O. The highest BCUT2D eigenvalue weighted by atomic mass is 16.6. The number of carbonyl (C=O) groups excluding carboxylic acids is 2. The molecule has 0 spiro atoms. The summed E-state index contributed by atoms with van der Waals surface area (Å²) in [6.07, 6.45) is 1.48. The van der Waals surface area contributed by atoms with E-state index < -0.39 is 29.6 Å². The molecule has 2 aliphatic rings. The Bertz CT molecular complexity index is 1780. The van der Waals surface area contributed by atoms with Crippen molar-refractivity contribution < 1.29 is 38.7 Å². The molecule has 0 saturated heterocycles. The molecular formula is C38H40O8. The molecule has 1 fully saturated rings. The van der Waals surface area contributed by atoms with E-state index in [0.717, 1.165) is 33.0 Å². The fourth-order valence-corrected chi connectivity index (χ4v) is 7.96. The zero-order valence-corrected chi connectivity index (χ0v) is 26.6. The van der Waals surface area contributed by atoms with Crippen molar-refractivity contribution >= 4 is 22.7 Å². The van der Waals surface area contributed by atoms with Gasteiger partial charge in [0.1, 0.15) is 12.2 Å². The minimum Gasteiger partial charge on any atom is -0.504 e. The van der Waals surface area contributed by atoms with Crippen molar-refractivity contribution in [1.82, 2.24) is 0 Å². The van der Waals surface area contributed by atoms with Gasteiger partial charge in [0.05, 0.1) is 14.2 Å². The summed E-state index contributed by atoms with van der Waals surface area (Å²) < 4.78 is 23.1. The summed E-state index contributed by atoms with van der Waals surface area (Å²) in [7, 11) is 3.05. The molecule has 240 valence electrons. The first-order chi connectivity index (χ1) is 22.1. The number of methoxy groups -OCH3 is 2. The number of aromatic hydroxyl groups is 2. The number of ether oxygens (including phenoxy) is 4. The summed E-state index contributed by atoms with van der Waals surface area (Å²) in [6, 6.07) is 23.8. The van der Waals surface area contributed by atoms with Gasteiger partial charge in [-0.25, -0.2) is 0 Å². The normalized spacial score (nSPS) is 24.1. The second kappa shape index (κ2) is 12.6. The van der Waals surface area contributed by atoms with Gasteiger partial charge in [-0.05, 0) is 88.9 Å². The smallest absolute Gasteiger partial charge is 0.302 e. The second-order valence-corrected chi connectivity index (χ2v) is 12.7. The Balaban J connectivity index is 1.60. The summed E-state index contributed by atoms with van der Waals surface area (Å²) in [4.78, 5) is 25.1. The standard InChI is InChI=1S/C38H40O8/c1-22(39)45-31-14-28(26-10-12-33(41)36(17-26)43-3)20-38(30-11-9-24-7-5-6-8-25(24)13-30)21-29-16-34(42)37(44-4)18-27(29)15-32(38)35(19-31)46-23(2)40/h5-13,16-18,28,31-32,35,41-42H,14-15,19-21H2,1-4H3/t28-,31+,32+,35-,38-/m1/s1. The third-order valence-electron chi connectivity index (χ3n) is 9.91. The minimum absolute atomic E-state index is 0.0432. The van der Waals surface area contributed by atoms with Gasteiger partial charge >= 0.3 is 11.9 Å². The average molecular weight is 625 g/mol. The van der Waals surface area contributed by atoms with Crippen LogP contribution in [0.25, 0.3) is 10.8 Å². The van der Waals surface area contributed by atoms with Gasteiger partial charge in [-0.3, -0.25) is 9.59 Å². The van der Waals surface area contributed by atoms with E-state index in [1.165, 1.54) is 28.1 Å². The van der Waals surface area contributed by atoms with E-state index in [2.05, 4.69) is 30.3 Å². The van der Waals surface area contributed by atoms with Crippen LogP contribution in [0.15, 0.2) is 72.8 Å². The predicted molar refractivity (Wildman–Crippen MR) is 174 cm³/mol. The van der Waals surface area contributed by atoms with Crippen molar-refractivity contribution in [2.75, 3.05) is 14.2 Å². The van der Waals surface area contributed by atoms with Crippen molar-refractivity contribution in [1.29, 1.82) is 0 Å². The van der Waals surface area contributed by atoms with E-state index in [0.29, 0.717) is 43.6 Å². The van der Waals surface area contributed by atoms with Crippen LogP contribution < -0.4 is 9.47 Å². The molecule has 8 nitrogen and oxygen atoms in total. The van der Waals surface area contributed by atoms with Gasteiger partial charge in [0.25, 0.3) is 0 Å². The van der Waals surface area contributed by atoms with Crippen molar-refractivity contribution in [3.05, 3.63) is 95.1 Å². The molecule has 2 N–H and O–H groups in total. The molecule has 0 aromatic heterocycles. The number of fused-ring (bicyclic) bond motifs is 3. The number of carbonyl (C=O) groups is 2. The molecule has 0 unspecified atom stereocenters. The zero-order chi connectivity index (χ0) is 32.6. The van der Waals surface area contributed by atoms with Gasteiger partial charge < -0.3 is 29.2 Å². The van der Waals surface area contributed by atoms with Gasteiger partial charge in [-0.1, -0.05) is 48.5 Å². The fraction of sp³-hybridized carbons (Fsp3) is 0.368. The second-order valence-electron chi connectivity index (χ2n) is 12.7. The van der Waals surface area contributed by atoms with Crippen LogP contribution in [0.3, 0.4) is 0 Å². The molecule has 0 bridgehead atoms. The summed E-state index contributed by atoms with van der Waals surface area (Å²) in [6.45, 7) is 2.81. The molecule has 0 heterocycles. The minimum atomic E-state index is -0.560. The zero-order valence-electron chi connectivity index (χ0n) is 26.6. The summed E-state index contributed by atoms with van der Waals surface area (Å²) in [5.41, 5.74) is 3.51. The van der Waals surface area contributed by atoms with E-state index in [-0.39, 0.29) is 23.3 Å². The van der Waals surface area contributed by atoms with Crippen LogP contribution in [0.2, 0.25) is 0 Å². The van der Waals surface area contributed by atoms with Crippen LogP contribution >= 0.6 is 0 Å². The van der Waals surface area contributed by atoms with Crippen LogP contribution in [0.4, 0.5) is 0 Å². The number of phenolic OH excluding ortho intramolecular Hbond substituents is 2. The third kappa shape index (κ3) is 5.96. The maximum atomic E-state index is 12.7. The summed E-state index contributed by atoms with van der Waals surface area (Å²) >= 11 is 0. The largest absolute Gasteiger partial charge is 0.504 e. The molecule has 6 rings (SSSR count). The molecule has 8 heteroatoms. The fourth-order valence-electron chi connectivity index (χ4n) is 7.96. The number of esters is 2. The molecule has 0 radical (unpaired) electrons. The first-order valence-corrected chi connectivity index (χ1v) is 15.7. The van der Waals surface area contributed by atoms with Crippen molar-refractivity contribution in [2.45, 2.75) is 69.5 Å². The lowest BCUT2D eigenvalue weighted by Gasteiger charge is -2.52. The van der Waals surface area contributed by atoms with E-state index in [1.807, 2.05) is 30.3 Å². The highest BCUT2D eigenvalue weighted by Gasteiger charge is 2.52. The lowest BCUT2D eigenvalue weighted by molar-refractivity contribution is -0.159. The maximum Gasteiger partial charge on any atom is 0.302 e. The molecular weight excluding hydrogens is 584 g/mol. The van der Waals surface area contributed by atoms with Gasteiger partial charge in [0.15, 0.2) is 23.0 Å². The Labute approximate surface area is 268 Å². The number of phenols is 2. The molecule has 0 amide bonds. The predicted octanol–water partition coefficient (Wildman–Crippen LogP) is 6.75. The van der Waals surface area contributed by atoms with Crippen LogP contribution in [-0.4, -0.2) is 48.6 Å². The van der Waals surface area contributed by atoms with E-state index in [4.69, 9.17) is 18.9 Å². The van der Waals surface area contributed by atoms with E-state index in [9.17, 15) is 19.8 Å². The van der Waals surface area contributed by atoms with Gasteiger partial charge in [0, 0.05) is 31.6 Å². The Morgan fingerprint density at radius 1 is 0.761 bits per heavy atom. The van der Waals surface area contributed by atoms with Crippen LogP contribution in [-0.2, 0) is 37.3 Å². The molecule has 1 saturated carbocycles. The molecule has 5 atom stereocenters. The third-order valence-corrected chi connectivity index (χ3v) is 9.91. The quantitative estimate of drug-likeness (QED) is 0.227. The van der Waals surface area contributed by atoms with Gasteiger partial charge in [-0.15, -0.1) is 0 Å². The number of hydrogen-bond donors (Lipinski definition) is 2. The molecule has 4 aromatic carbocycles. The molecule has 2 aliphatic carbocycles. The Hall–Kier alpha value is -4.72. The van der Waals surface area contributed by atoms with E-state index >= 15 is 0 Å². The number of hydrogen-bond acceptors (Lipinski definition) is 8. The summed E-state index contributed by atoms with van der Waals surface area (Å²) in [5, 5.41) is 23.5. The van der Waals surface area contributed by atoms with Crippen molar-refractivity contribution in [3.8, 4) is 23.0 Å². The molecule has 46 heavy (non-hydrogen) atoms. The van der Waals surface area contributed by atoms with Crippen LogP contribution in [0.1, 0.15) is 61.3 Å². The van der Waals surface area contributed by atoms with Gasteiger partial charge in [-0.2, -0.15) is 0 Å². The Kier molecular flexibility index (Phi) is 8.55. The van der Waals surface area contributed by atoms with Crippen molar-refractivity contribution in [2.24, 2.45) is 5.92 Å². The van der Waals surface area contributed by atoms with Gasteiger partial charge in [0.2, 0.25) is 0 Å². The van der Waals surface area contributed by atoms with Crippen LogP contribution in [0, 0.1) is 5.92 Å². The first kappa shape index (κ1) is 31.3. The van der Waals surface area contributed by atoms with Crippen LogP contribution in [0.5, 0.6) is 23.0 Å². The average Bonchev–Trinajstić information content (AvgIpc) is 3.02. The first-order valence-electron chi connectivity index (χ1n) is 15.7.